The van der Waals surface area contributed by atoms with Crippen molar-refractivity contribution < 1.29 is 19.1 Å². The molecule has 1 aliphatic rings. The van der Waals surface area contributed by atoms with Gasteiger partial charge in [0.25, 0.3) is 0 Å². The predicted molar refractivity (Wildman–Crippen MR) is 114 cm³/mol. The van der Waals surface area contributed by atoms with Crippen molar-refractivity contribution in [2.24, 2.45) is 0 Å². The van der Waals surface area contributed by atoms with Crippen molar-refractivity contribution in [3.63, 3.8) is 0 Å². The largest absolute Gasteiger partial charge is 0.497 e. The number of aryl methyl sites for hydroxylation is 1. The number of hydrogen-bond acceptors (Lipinski definition) is 6. The molecular weight excluding hydrogens is 394 g/mol. The third-order valence-corrected chi connectivity index (χ3v) is 6.84. The normalized spacial score (nSPS) is 12.5. The van der Waals surface area contributed by atoms with E-state index in [4.69, 9.17) is 9.47 Å². The number of carbonyl (C=O) groups is 2. The van der Waals surface area contributed by atoms with E-state index >= 15 is 0 Å². The molecule has 2 aromatic rings. The van der Waals surface area contributed by atoms with Crippen LogP contribution in [0.1, 0.15) is 47.0 Å². The molecule has 0 unspecified atom stereocenters. The number of esters is 1. The van der Waals surface area contributed by atoms with Crippen LogP contribution in [0.25, 0.3) is 0 Å². The lowest BCUT2D eigenvalue weighted by atomic mass is 10.1. The average molecular weight is 420 g/mol. The highest BCUT2D eigenvalue weighted by molar-refractivity contribution is 7.99. The summed E-state index contributed by atoms with van der Waals surface area (Å²) in [5.74, 6) is 1.31. The van der Waals surface area contributed by atoms with Crippen LogP contribution in [0.5, 0.6) is 5.75 Å². The Hall–Kier alpha value is -1.99. The van der Waals surface area contributed by atoms with Crippen molar-refractivity contribution in [3.05, 3.63) is 40.3 Å². The lowest BCUT2D eigenvalue weighted by molar-refractivity contribution is -0.116. The van der Waals surface area contributed by atoms with Gasteiger partial charge in [-0.1, -0.05) is 0 Å². The van der Waals surface area contributed by atoms with Gasteiger partial charge >= 0.3 is 5.97 Å². The second kappa shape index (κ2) is 9.98. The van der Waals surface area contributed by atoms with Gasteiger partial charge in [-0.2, -0.15) is 0 Å². The number of amides is 1. The molecule has 7 heteroatoms. The molecule has 1 aromatic heterocycles. The maximum atomic E-state index is 12.4. The summed E-state index contributed by atoms with van der Waals surface area (Å²) in [7, 11) is 1.65. The van der Waals surface area contributed by atoms with E-state index in [1.54, 1.807) is 25.8 Å². The Kier molecular flexibility index (Phi) is 7.39. The molecule has 0 radical (unpaired) electrons. The first-order chi connectivity index (χ1) is 13.6. The summed E-state index contributed by atoms with van der Waals surface area (Å²) in [4.78, 5) is 27.1. The van der Waals surface area contributed by atoms with Crippen LogP contribution < -0.4 is 10.1 Å². The zero-order chi connectivity index (χ0) is 19.9. The minimum Gasteiger partial charge on any atom is -0.497 e. The van der Waals surface area contributed by atoms with Crippen molar-refractivity contribution in [1.29, 1.82) is 0 Å². The predicted octanol–water partition coefficient (Wildman–Crippen LogP) is 4.93. The number of rotatable bonds is 9. The highest BCUT2D eigenvalue weighted by atomic mass is 32.2. The van der Waals surface area contributed by atoms with Crippen LogP contribution in [0.4, 0.5) is 5.00 Å². The summed E-state index contributed by atoms with van der Waals surface area (Å²) < 4.78 is 10.4. The number of thiophene rings is 1. The second-order valence-corrected chi connectivity index (χ2v) is 8.73. The molecule has 0 saturated carbocycles. The Balaban J connectivity index is 1.51. The fourth-order valence-electron chi connectivity index (χ4n) is 3.20. The molecule has 0 fully saturated rings. The molecule has 1 amide bonds. The summed E-state index contributed by atoms with van der Waals surface area (Å²) in [6.07, 6.45) is 4.11. The topological polar surface area (TPSA) is 64.6 Å². The Morgan fingerprint density at radius 1 is 1.21 bits per heavy atom. The van der Waals surface area contributed by atoms with E-state index in [0.29, 0.717) is 23.6 Å². The van der Waals surface area contributed by atoms with Gasteiger partial charge < -0.3 is 14.8 Å². The highest BCUT2D eigenvalue weighted by Crippen LogP contribution is 2.39. The molecule has 0 bridgehead atoms. The van der Waals surface area contributed by atoms with Crippen LogP contribution in [-0.4, -0.2) is 31.3 Å². The molecule has 28 heavy (non-hydrogen) atoms. The average Bonchev–Trinajstić information content (AvgIpc) is 3.26. The summed E-state index contributed by atoms with van der Waals surface area (Å²) in [6, 6.07) is 7.90. The van der Waals surface area contributed by atoms with Gasteiger partial charge in [-0.15, -0.1) is 23.1 Å². The molecule has 1 aromatic carbocycles. The van der Waals surface area contributed by atoms with Crippen molar-refractivity contribution >= 4 is 40.0 Å². The number of methoxy groups -OCH3 is 1. The fraction of sp³-hybridized carbons (Fsp3) is 0.429. The lowest BCUT2D eigenvalue weighted by Gasteiger charge is -2.08. The van der Waals surface area contributed by atoms with Gasteiger partial charge in [-0.25, -0.2) is 4.79 Å². The number of nitrogens with one attached hydrogen (secondary N) is 1. The summed E-state index contributed by atoms with van der Waals surface area (Å²) in [5, 5.41) is 3.60. The molecule has 5 nitrogen and oxygen atoms in total. The van der Waals surface area contributed by atoms with E-state index in [-0.39, 0.29) is 11.9 Å². The molecule has 1 N–H and O–H groups in total. The number of benzene rings is 1. The van der Waals surface area contributed by atoms with Gasteiger partial charge in [0.05, 0.1) is 19.3 Å². The van der Waals surface area contributed by atoms with Gasteiger partial charge in [0.1, 0.15) is 10.8 Å². The molecule has 0 saturated heterocycles. The minimum atomic E-state index is -0.327. The standard InChI is InChI=1S/C21H25NO4S2/c1-3-26-21(24)19-16-6-4-7-17(16)28-20(19)22-18(23)8-5-13-27-15-11-9-14(25-2)10-12-15/h9-12H,3-8,13H2,1-2H3,(H,22,23). The van der Waals surface area contributed by atoms with Gasteiger partial charge in [-0.05, 0) is 68.2 Å². The number of carbonyl (C=O) groups excluding carboxylic acids is 2. The Bertz CT molecular complexity index is 830. The smallest absolute Gasteiger partial charge is 0.341 e. The Morgan fingerprint density at radius 2 is 2.00 bits per heavy atom. The van der Waals surface area contributed by atoms with E-state index in [0.717, 1.165) is 47.6 Å². The van der Waals surface area contributed by atoms with Gasteiger partial charge in [0, 0.05) is 16.2 Å². The SMILES string of the molecule is CCOC(=O)c1c(NC(=O)CCCSc2ccc(OC)cc2)sc2c1CCC2. The van der Waals surface area contributed by atoms with Crippen LogP contribution in [-0.2, 0) is 22.4 Å². The summed E-state index contributed by atoms with van der Waals surface area (Å²) in [5.41, 5.74) is 1.63. The number of anilines is 1. The number of hydrogen-bond donors (Lipinski definition) is 1. The zero-order valence-electron chi connectivity index (χ0n) is 16.2. The minimum absolute atomic E-state index is 0.0548. The van der Waals surface area contributed by atoms with Gasteiger partial charge in [-0.3, -0.25) is 4.79 Å². The van der Waals surface area contributed by atoms with Crippen LogP contribution in [0.3, 0.4) is 0 Å². The van der Waals surface area contributed by atoms with E-state index in [2.05, 4.69) is 5.32 Å². The summed E-state index contributed by atoms with van der Waals surface area (Å²) >= 11 is 3.24. The van der Waals surface area contributed by atoms with Crippen LogP contribution in [0.15, 0.2) is 29.2 Å². The third kappa shape index (κ3) is 5.08. The molecule has 1 aliphatic carbocycles. The van der Waals surface area contributed by atoms with Crippen LogP contribution >= 0.6 is 23.1 Å². The Morgan fingerprint density at radius 3 is 2.71 bits per heavy atom. The molecule has 3 rings (SSSR count). The number of thioether (sulfide) groups is 1. The first kappa shape index (κ1) is 20.7. The lowest BCUT2D eigenvalue weighted by Crippen LogP contribution is -2.15. The zero-order valence-corrected chi connectivity index (χ0v) is 17.8. The highest BCUT2D eigenvalue weighted by Gasteiger charge is 2.28. The first-order valence-electron chi connectivity index (χ1n) is 9.50. The quantitative estimate of drug-likeness (QED) is 0.355. The van der Waals surface area contributed by atoms with Crippen molar-refractivity contribution in [3.8, 4) is 5.75 Å². The Labute approximate surface area is 173 Å². The van der Waals surface area contributed by atoms with Crippen LogP contribution in [0, 0.1) is 0 Å². The molecule has 150 valence electrons. The first-order valence-corrected chi connectivity index (χ1v) is 11.3. The molecule has 0 atom stereocenters. The van der Waals surface area contributed by atoms with E-state index < -0.39 is 0 Å². The number of ether oxygens (including phenoxy) is 2. The molecule has 0 spiro atoms. The van der Waals surface area contributed by atoms with E-state index in [1.807, 2.05) is 24.3 Å². The van der Waals surface area contributed by atoms with Gasteiger partial charge in [0.2, 0.25) is 5.91 Å². The third-order valence-electron chi connectivity index (χ3n) is 4.53. The maximum absolute atomic E-state index is 12.4. The van der Waals surface area contributed by atoms with E-state index in [9.17, 15) is 9.59 Å². The summed E-state index contributed by atoms with van der Waals surface area (Å²) in [6.45, 7) is 2.13. The van der Waals surface area contributed by atoms with Crippen molar-refractivity contribution in [1.82, 2.24) is 0 Å². The number of fused-ring (bicyclic) bond motifs is 1. The monoisotopic (exact) mass is 419 g/mol. The van der Waals surface area contributed by atoms with E-state index in [1.165, 1.54) is 16.2 Å². The molecule has 0 aliphatic heterocycles. The van der Waals surface area contributed by atoms with Gasteiger partial charge in [0.15, 0.2) is 0 Å². The molecule has 1 heterocycles. The maximum Gasteiger partial charge on any atom is 0.341 e. The fourth-order valence-corrected chi connectivity index (χ4v) is 5.34. The van der Waals surface area contributed by atoms with Crippen molar-refractivity contribution in [2.75, 3.05) is 24.8 Å². The molecular formula is C21H25NO4S2. The van der Waals surface area contributed by atoms with Crippen molar-refractivity contribution in [2.45, 2.75) is 43.9 Å². The van der Waals surface area contributed by atoms with Crippen LogP contribution in [0.2, 0.25) is 0 Å². The second-order valence-electron chi connectivity index (χ2n) is 6.46.